The van der Waals surface area contributed by atoms with Crippen molar-refractivity contribution in [3.63, 3.8) is 0 Å². The first-order chi connectivity index (χ1) is 15.8. The number of nitrogens with zero attached hydrogens (tertiary/aromatic N) is 1. The molecule has 0 aliphatic heterocycles. The van der Waals surface area contributed by atoms with Crippen molar-refractivity contribution in [1.82, 2.24) is 0 Å². The molecule has 170 valence electrons. The monoisotopic (exact) mass is 467 g/mol. The van der Waals surface area contributed by atoms with E-state index in [0.29, 0.717) is 39.3 Å². The van der Waals surface area contributed by atoms with Gasteiger partial charge in [0.15, 0.2) is 0 Å². The largest absolute Gasteiger partial charge is 0.457 e. The molecule has 0 fully saturated rings. The number of halogens is 2. The molecule has 4 nitrogen and oxygen atoms in total. The molecule has 3 aromatic carbocycles. The molecule has 0 saturated carbocycles. The second-order valence-corrected chi connectivity index (χ2v) is 8.85. The molecule has 3 rings (SSSR count). The Morgan fingerprint density at radius 3 is 2.39 bits per heavy atom. The van der Waals surface area contributed by atoms with Gasteiger partial charge in [0.05, 0.1) is 6.42 Å². The van der Waals surface area contributed by atoms with Gasteiger partial charge < -0.3 is 9.47 Å². The molecule has 7 heteroatoms. The third-order valence-electron chi connectivity index (χ3n) is 4.68. The second-order valence-electron chi connectivity index (χ2n) is 7.63. The SMILES string of the molecule is CC(C)C(F)(F)Sc1cccc(CC(=O)OC(C#N)c2cccc(Oc3ccccc3)c2)c1. The Labute approximate surface area is 196 Å². The highest BCUT2D eigenvalue weighted by Gasteiger charge is 2.34. The van der Waals surface area contributed by atoms with Gasteiger partial charge in [-0.25, -0.2) is 0 Å². The van der Waals surface area contributed by atoms with Crippen molar-refractivity contribution in [3.05, 3.63) is 90.0 Å². The van der Waals surface area contributed by atoms with Crippen LogP contribution in [0.1, 0.15) is 31.1 Å². The van der Waals surface area contributed by atoms with Gasteiger partial charge in [-0.3, -0.25) is 4.79 Å². The van der Waals surface area contributed by atoms with E-state index < -0.39 is 23.2 Å². The zero-order valence-corrected chi connectivity index (χ0v) is 19.0. The van der Waals surface area contributed by atoms with E-state index in [1.165, 1.54) is 19.9 Å². The molecule has 0 N–H and O–H groups in total. The summed E-state index contributed by atoms with van der Waals surface area (Å²) >= 11 is 0.461. The quantitative estimate of drug-likeness (QED) is 0.247. The zero-order chi connectivity index (χ0) is 23.8. The molecule has 0 saturated heterocycles. The summed E-state index contributed by atoms with van der Waals surface area (Å²) in [5.74, 6) is -0.311. The van der Waals surface area contributed by atoms with E-state index in [2.05, 4.69) is 0 Å². The van der Waals surface area contributed by atoms with Gasteiger partial charge in [-0.05, 0) is 42.0 Å². The Balaban J connectivity index is 1.66. The number of para-hydroxylation sites is 1. The van der Waals surface area contributed by atoms with Crippen molar-refractivity contribution in [2.45, 2.75) is 36.5 Å². The van der Waals surface area contributed by atoms with Crippen molar-refractivity contribution >= 4 is 17.7 Å². The van der Waals surface area contributed by atoms with Crippen LogP contribution in [-0.2, 0) is 16.0 Å². The van der Waals surface area contributed by atoms with E-state index in [1.54, 1.807) is 54.6 Å². The molecule has 0 bridgehead atoms. The van der Waals surface area contributed by atoms with Gasteiger partial charge in [0.25, 0.3) is 5.25 Å². The summed E-state index contributed by atoms with van der Waals surface area (Å²) in [5, 5.41) is 6.63. The maximum Gasteiger partial charge on any atom is 0.311 e. The van der Waals surface area contributed by atoms with Crippen LogP contribution in [0.2, 0.25) is 0 Å². The van der Waals surface area contributed by atoms with Gasteiger partial charge in [0, 0.05) is 16.4 Å². The molecule has 0 heterocycles. The van der Waals surface area contributed by atoms with Crippen LogP contribution < -0.4 is 4.74 Å². The average molecular weight is 468 g/mol. The van der Waals surface area contributed by atoms with E-state index in [1.807, 2.05) is 24.3 Å². The van der Waals surface area contributed by atoms with E-state index in [9.17, 15) is 18.8 Å². The van der Waals surface area contributed by atoms with Crippen molar-refractivity contribution in [2.24, 2.45) is 5.92 Å². The zero-order valence-electron chi connectivity index (χ0n) is 18.2. The molecule has 0 aliphatic carbocycles. The predicted molar refractivity (Wildman–Crippen MR) is 123 cm³/mol. The number of esters is 1. The topological polar surface area (TPSA) is 59.3 Å². The third-order valence-corrected chi connectivity index (χ3v) is 5.91. The Hall–Kier alpha value is -3.37. The van der Waals surface area contributed by atoms with Gasteiger partial charge >= 0.3 is 5.97 Å². The van der Waals surface area contributed by atoms with Crippen LogP contribution in [0.25, 0.3) is 0 Å². The van der Waals surface area contributed by atoms with E-state index in [-0.39, 0.29) is 6.42 Å². The van der Waals surface area contributed by atoms with Crippen molar-refractivity contribution in [2.75, 3.05) is 0 Å². The van der Waals surface area contributed by atoms with Gasteiger partial charge in [-0.1, -0.05) is 68.1 Å². The first-order valence-corrected chi connectivity index (χ1v) is 11.2. The molecule has 0 aliphatic rings. The molecule has 3 aromatic rings. The normalized spacial score (nSPS) is 12.1. The first kappa shape index (κ1) is 24.3. The highest BCUT2D eigenvalue weighted by Crippen LogP contribution is 2.41. The van der Waals surface area contributed by atoms with Crippen LogP contribution in [0.3, 0.4) is 0 Å². The highest BCUT2D eigenvalue weighted by molar-refractivity contribution is 8.00. The third kappa shape index (κ3) is 7.06. The Morgan fingerprint density at radius 2 is 1.70 bits per heavy atom. The minimum atomic E-state index is -2.92. The fourth-order valence-electron chi connectivity index (χ4n) is 2.87. The van der Waals surface area contributed by atoms with Crippen LogP contribution in [-0.4, -0.2) is 11.2 Å². The average Bonchev–Trinajstić information content (AvgIpc) is 2.78. The molecule has 1 atom stereocenters. The summed E-state index contributed by atoms with van der Waals surface area (Å²) < 4.78 is 39.2. The van der Waals surface area contributed by atoms with E-state index in [0.717, 1.165) is 0 Å². The molecule has 0 amide bonds. The Morgan fingerprint density at radius 1 is 1.00 bits per heavy atom. The van der Waals surface area contributed by atoms with E-state index >= 15 is 0 Å². The predicted octanol–water partition coefficient (Wildman–Crippen LogP) is 7.17. The Kier molecular flexibility index (Phi) is 8.07. The number of benzene rings is 3. The van der Waals surface area contributed by atoms with Crippen LogP contribution in [0.15, 0.2) is 83.8 Å². The fraction of sp³-hybridized carbons (Fsp3) is 0.231. The highest BCUT2D eigenvalue weighted by atomic mass is 32.2. The van der Waals surface area contributed by atoms with Crippen molar-refractivity contribution in [3.8, 4) is 17.6 Å². The molecular weight excluding hydrogens is 444 g/mol. The van der Waals surface area contributed by atoms with E-state index in [4.69, 9.17) is 9.47 Å². The van der Waals surface area contributed by atoms with Crippen LogP contribution in [0.4, 0.5) is 8.78 Å². The molecule has 0 radical (unpaired) electrons. The second kappa shape index (κ2) is 11.0. The van der Waals surface area contributed by atoms with Gasteiger partial charge in [0.2, 0.25) is 6.10 Å². The maximum absolute atomic E-state index is 14.0. The minimum Gasteiger partial charge on any atom is -0.457 e. The molecule has 0 spiro atoms. The number of rotatable bonds is 9. The summed E-state index contributed by atoms with van der Waals surface area (Å²) in [6.45, 7) is 2.91. The number of hydrogen-bond donors (Lipinski definition) is 0. The lowest BCUT2D eigenvalue weighted by atomic mass is 10.1. The number of hydrogen-bond acceptors (Lipinski definition) is 5. The van der Waals surface area contributed by atoms with Crippen LogP contribution >= 0.6 is 11.8 Å². The number of carbonyl (C=O) groups excluding carboxylic acids is 1. The van der Waals surface area contributed by atoms with Gasteiger partial charge in [-0.15, -0.1) is 0 Å². The minimum absolute atomic E-state index is 0.139. The first-order valence-electron chi connectivity index (χ1n) is 10.3. The van der Waals surface area contributed by atoms with Gasteiger partial charge in [-0.2, -0.15) is 14.0 Å². The standard InChI is InChI=1S/C26H23F2NO3S/c1-18(2)26(27,28)33-23-13-6-8-19(14-23)15-25(30)32-24(17-29)20-9-7-12-22(16-20)31-21-10-4-3-5-11-21/h3-14,16,18,24H,15H2,1-2H3. The number of thioether (sulfide) groups is 1. The lowest BCUT2D eigenvalue weighted by molar-refractivity contribution is -0.146. The Bertz CT molecular complexity index is 1130. The smallest absolute Gasteiger partial charge is 0.311 e. The summed E-state index contributed by atoms with van der Waals surface area (Å²) in [4.78, 5) is 12.8. The summed E-state index contributed by atoms with van der Waals surface area (Å²) in [6.07, 6.45) is -1.26. The van der Waals surface area contributed by atoms with Crippen molar-refractivity contribution < 1.29 is 23.0 Å². The summed E-state index contributed by atoms with van der Waals surface area (Å²) in [6, 6.07) is 24.3. The molecule has 1 unspecified atom stereocenters. The number of carbonyl (C=O) groups is 1. The summed E-state index contributed by atoms with van der Waals surface area (Å²) in [5.41, 5.74) is 1.00. The lowest BCUT2D eigenvalue weighted by Crippen LogP contribution is -2.18. The lowest BCUT2D eigenvalue weighted by Gasteiger charge is -2.19. The number of alkyl halides is 2. The molecular formula is C26H23F2NO3S. The number of ether oxygens (including phenoxy) is 2. The van der Waals surface area contributed by atoms with Gasteiger partial charge in [0.1, 0.15) is 17.6 Å². The van der Waals surface area contributed by atoms with Crippen LogP contribution in [0.5, 0.6) is 11.5 Å². The summed E-state index contributed by atoms with van der Waals surface area (Å²) in [7, 11) is 0. The maximum atomic E-state index is 14.0. The molecule has 33 heavy (non-hydrogen) atoms. The fourth-order valence-corrected chi connectivity index (χ4v) is 3.78. The number of nitriles is 1. The molecule has 0 aromatic heterocycles. The van der Waals surface area contributed by atoms with Crippen LogP contribution in [0, 0.1) is 17.2 Å². The van der Waals surface area contributed by atoms with Crippen molar-refractivity contribution in [1.29, 1.82) is 5.26 Å².